The minimum Gasteiger partial charge on any atom is -0.341 e. The Labute approximate surface area is 99.4 Å². The number of amides is 1. The Morgan fingerprint density at radius 2 is 1.69 bits per heavy atom. The molecule has 1 aliphatic heterocycles. The van der Waals surface area contributed by atoms with Gasteiger partial charge in [0.25, 0.3) is 0 Å². The molecule has 0 aliphatic carbocycles. The number of carbonyl (C=O) groups is 1. The van der Waals surface area contributed by atoms with Crippen molar-refractivity contribution in [2.75, 3.05) is 13.1 Å². The van der Waals surface area contributed by atoms with Crippen LogP contribution in [0, 0.1) is 5.92 Å². The molecule has 0 spiro atoms. The molecule has 1 saturated heterocycles. The summed E-state index contributed by atoms with van der Waals surface area (Å²) in [5.41, 5.74) is 6.00. The second kappa shape index (κ2) is 6.89. The molecule has 1 amide bonds. The van der Waals surface area contributed by atoms with Gasteiger partial charge in [0, 0.05) is 13.1 Å². The van der Waals surface area contributed by atoms with Crippen molar-refractivity contribution in [3.63, 3.8) is 0 Å². The van der Waals surface area contributed by atoms with Crippen molar-refractivity contribution < 1.29 is 4.79 Å². The molecular weight excluding hydrogens is 200 g/mol. The van der Waals surface area contributed by atoms with E-state index >= 15 is 0 Å². The second-order valence-corrected chi connectivity index (χ2v) is 5.00. The number of rotatable bonds is 3. The van der Waals surface area contributed by atoms with Gasteiger partial charge in [-0.05, 0) is 18.8 Å². The van der Waals surface area contributed by atoms with Crippen LogP contribution in [0.3, 0.4) is 0 Å². The van der Waals surface area contributed by atoms with Crippen molar-refractivity contribution in [2.24, 2.45) is 11.7 Å². The van der Waals surface area contributed by atoms with Crippen LogP contribution in [0.4, 0.5) is 0 Å². The average molecular weight is 226 g/mol. The summed E-state index contributed by atoms with van der Waals surface area (Å²) in [5, 5.41) is 0. The van der Waals surface area contributed by atoms with Crippen LogP contribution in [0.25, 0.3) is 0 Å². The van der Waals surface area contributed by atoms with Gasteiger partial charge in [-0.1, -0.05) is 39.5 Å². The minimum atomic E-state index is -0.301. The van der Waals surface area contributed by atoms with Gasteiger partial charge in [-0.25, -0.2) is 0 Å². The lowest BCUT2D eigenvalue weighted by Crippen LogP contribution is -2.47. The second-order valence-electron chi connectivity index (χ2n) is 5.00. The molecule has 0 bridgehead atoms. The van der Waals surface area contributed by atoms with Gasteiger partial charge < -0.3 is 10.6 Å². The summed E-state index contributed by atoms with van der Waals surface area (Å²) in [6, 6.07) is -0.301. The zero-order chi connectivity index (χ0) is 12.0. The highest BCUT2D eigenvalue weighted by molar-refractivity contribution is 5.81. The third-order valence-electron chi connectivity index (χ3n) is 3.71. The highest BCUT2D eigenvalue weighted by atomic mass is 16.2. The van der Waals surface area contributed by atoms with Crippen molar-refractivity contribution in [3.8, 4) is 0 Å². The summed E-state index contributed by atoms with van der Waals surface area (Å²) in [6.45, 7) is 5.96. The summed E-state index contributed by atoms with van der Waals surface area (Å²) < 4.78 is 0. The van der Waals surface area contributed by atoms with Crippen molar-refractivity contribution in [1.29, 1.82) is 0 Å². The molecule has 0 aromatic heterocycles. The van der Waals surface area contributed by atoms with Gasteiger partial charge in [0.1, 0.15) is 0 Å². The van der Waals surface area contributed by atoms with Gasteiger partial charge in [-0.3, -0.25) is 4.79 Å². The first-order valence-electron chi connectivity index (χ1n) is 6.71. The number of likely N-dealkylation sites (tertiary alicyclic amines) is 1. The van der Waals surface area contributed by atoms with Crippen LogP contribution >= 0.6 is 0 Å². The van der Waals surface area contributed by atoms with E-state index in [1.165, 1.54) is 19.3 Å². The predicted octanol–water partition coefficient (Wildman–Crippen LogP) is 2.15. The van der Waals surface area contributed by atoms with E-state index in [-0.39, 0.29) is 17.9 Å². The molecule has 94 valence electrons. The van der Waals surface area contributed by atoms with Crippen molar-refractivity contribution >= 4 is 5.91 Å². The van der Waals surface area contributed by atoms with E-state index in [0.29, 0.717) is 0 Å². The summed E-state index contributed by atoms with van der Waals surface area (Å²) in [6.07, 6.45) is 7.07. The van der Waals surface area contributed by atoms with Gasteiger partial charge in [0.2, 0.25) is 5.91 Å². The smallest absolute Gasteiger partial charge is 0.239 e. The Morgan fingerprint density at radius 3 is 2.19 bits per heavy atom. The fourth-order valence-electron chi connectivity index (χ4n) is 2.18. The highest BCUT2D eigenvalue weighted by Gasteiger charge is 2.24. The standard InChI is InChI=1S/C13H26N2O/c1-3-11(2)12(14)13(16)15-9-7-5-4-6-8-10-15/h11-12H,3-10,14H2,1-2H3/t11-,12-/m0/s1. The Morgan fingerprint density at radius 1 is 1.19 bits per heavy atom. The summed E-state index contributed by atoms with van der Waals surface area (Å²) in [4.78, 5) is 14.1. The fraction of sp³-hybridized carbons (Fsp3) is 0.923. The summed E-state index contributed by atoms with van der Waals surface area (Å²) in [7, 11) is 0. The SMILES string of the molecule is CC[C@H](C)[C@H](N)C(=O)N1CCCCCCC1. The van der Waals surface area contributed by atoms with Crippen molar-refractivity contribution in [2.45, 2.75) is 58.4 Å². The molecule has 1 aliphatic rings. The maximum Gasteiger partial charge on any atom is 0.239 e. The van der Waals surface area contributed by atoms with Crippen LogP contribution in [-0.2, 0) is 4.79 Å². The maximum atomic E-state index is 12.2. The number of nitrogens with zero attached hydrogens (tertiary/aromatic N) is 1. The minimum absolute atomic E-state index is 0.163. The van der Waals surface area contributed by atoms with Gasteiger partial charge in [-0.2, -0.15) is 0 Å². The van der Waals surface area contributed by atoms with E-state index in [9.17, 15) is 4.79 Å². The molecule has 0 aromatic rings. The zero-order valence-electron chi connectivity index (χ0n) is 10.7. The number of hydrogen-bond donors (Lipinski definition) is 1. The van der Waals surface area contributed by atoms with Crippen molar-refractivity contribution in [1.82, 2.24) is 4.90 Å². The molecule has 0 aromatic carbocycles. The van der Waals surface area contributed by atoms with Crippen LogP contribution < -0.4 is 5.73 Å². The summed E-state index contributed by atoms with van der Waals surface area (Å²) >= 11 is 0. The third-order valence-corrected chi connectivity index (χ3v) is 3.71. The molecule has 0 unspecified atom stereocenters. The molecule has 1 heterocycles. The van der Waals surface area contributed by atoms with Crippen LogP contribution in [-0.4, -0.2) is 29.9 Å². The third kappa shape index (κ3) is 3.78. The lowest BCUT2D eigenvalue weighted by Gasteiger charge is -2.29. The van der Waals surface area contributed by atoms with Crippen LogP contribution in [0.1, 0.15) is 52.4 Å². The van der Waals surface area contributed by atoms with E-state index in [1.807, 2.05) is 4.90 Å². The zero-order valence-corrected chi connectivity index (χ0v) is 10.7. The normalized spacial score (nSPS) is 22.1. The fourth-order valence-corrected chi connectivity index (χ4v) is 2.18. The highest BCUT2D eigenvalue weighted by Crippen LogP contribution is 2.14. The Bertz CT molecular complexity index is 210. The summed E-state index contributed by atoms with van der Waals surface area (Å²) in [5.74, 6) is 0.453. The van der Waals surface area contributed by atoms with Crippen LogP contribution in [0.15, 0.2) is 0 Å². The van der Waals surface area contributed by atoms with E-state index in [4.69, 9.17) is 5.73 Å². The Balaban J connectivity index is 2.49. The topological polar surface area (TPSA) is 46.3 Å². The van der Waals surface area contributed by atoms with E-state index in [0.717, 1.165) is 32.4 Å². The van der Waals surface area contributed by atoms with Crippen LogP contribution in [0.5, 0.6) is 0 Å². The molecule has 1 rings (SSSR count). The first-order chi connectivity index (χ1) is 7.66. The molecule has 0 radical (unpaired) electrons. The van der Waals surface area contributed by atoms with E-state index in [1.54, 1.807) is 0 Å². The van der Waals surface area contributed by atoms with Crippen molar-refractivity contribution in [3.05, 3.63) is 0 Å². The van der Waals surface area contributed by atoms with Gasteiger partial charge >= 0.3 is 0 Å². The molecule has 16 heavy (non-hydrogen) atoms. The number of hydrogen-bond acceptors (Lipinski definition) is 2. The average Bonchev–Trinajstić information content (AvgIpc) is 2.26. The van der Waals surface area contributed by atoms with Crippen LogP contribution in [0.2, 0.25) is 0 Å². The molecule has 2 atom stereocenters. The molecule has 0 saturated carbocycles. The van der Waals surface area contributed by atoms with E-state index < -0.39 is 0 Å². The number of carbonyl (C=O) groups excluding carboxylic acids is 1. The monoisotopic (exact) mass is 226 g/mol. The predicted molar refractivity (Wildman–Crippen MR) is 67.1 cm³/mol. The Kier molecular flexibility index (Phi) is 5.81. The molecule has 3 nitrogen and oxygen atoms in total. The van der Waals surface area contributed by atoms with Gasteiger partial charge in [0.05, 0.1) is 6.04 Å². The molecule has 1 fully saturated rings. The molecular formula is C13H26N2O. The largest absolute Gasteiger partial charge is 0.341 e. The lowest BCUT2D eigenvalue weighted by molar-refractivity contribution is -0.134. The number of nitrogens with two attached hydrogens (primary N) is 1. The maximum absolute atomic E-state index is 12.2. The molecule has 3 heteroatoms. The quantitative estimate of drug-likeness (QED) is 0.801. The van der Waals surface area contributed by atoms with Gasteiger partial charge in [-0.15, -0.1) is 0 Å². The molecule has 2 N–H and O–H groups in total. The lowest BCUT2D eigenvalue weighted by atomic mass is 9.98. The Hall–Kier alpha value is -0.570. The first-order valence-corrected chi connectivity index (χ1v) is 6.71. The first kappa shape index (κ1) is 13.5. The van der Waals surface area contributed by atoms with E-state index in [2.05, 4.69) is 13.8 Å². The van der Waals surface area contributed by atoms with Gasteiger partial charge in [0.15, 0.2) is 0 Å².